The van der Waals surface area contributed by atoms with E-state index in [1.165, 1.54) is 12.7 Å². The van der Waals surface area contributed by atoms with Crippen LogP contribution in [0.2, 0.25) is 0 Å². The van der Waals surface area contributed by atoms with Crippen LogP contribution < -0.4 is 15.4 Å². The van der Waals surface area contributed by atoms with Gasteiger partial charge in [0.1, 0.15) is 12.4 Å². The minimum atomic E-state index is -3.17. The Kier molecular flexibility index (Phi) is 8.28. The first-order chi connectivity index (χ1) is 10.9. The fourth-order valence-corrected chi connectivity index (χ4v) is 2.75. The number of nitrogens with one attached hydrogen (secondary N) is 2. The second-order valence-electron chi connectivity index (χ2n) is 5.82. The molecule has 0 radical (unpaired) electrons. The molecule has 0 aromatic heterocycles. The predicted molar refractivity (Wildman–Crippen MR) is 107 cm³/mol. The third-order valence-electron chi connectivity index (χ3n) is 3.66. The molecule has 1 aromatic rings. The smallest absolute Gasteiger partial charge is 0.191 e. The minimum absolute atomic E-state index is 0. The molecule has 0 amide bonds. The monoisotopic (exact) mass is 467 g/mol. The van der Waals surface area contributed by atoms with E-state index in [9.17, 15) is 8.42 Å². The summed E-state index contributed by atoms with van der Waals surface area (Å²) < 4.78 is 28.4. The number of halogens is 1. The Morgan fingerprint density at radius 1 is 1.33 bits per heavy atom. The van der Waals surface area contributed by atoms with Crippen molar-refractivity contribution in [1.82, 2.24) is 10.6 Å². The average molecular weight is 467 g/mol. The molecule has 1 saturated carbocycles. The van der Waals surface area contributed by atoms with Crippen molar-refractivity contribution in [2.24, 2.45) is 10.9 Å². The molecule has 1 aliphatic rings. The summed E-state index contributed by atoms with van der Waals surface area (Å²) in [5.74, 6) is 2.17. The van der Waals surface area contributed by atoms with Crippen molar-refractivity contribution in [3.05, 3.63) is 24.3 Å². The van der Waals surface area contributed by atoms with E-state index < -0.39 is 9.84 Å². The highest BCUT2D eigenvalue weighted by molar-refractivity contribution is 14.0. The van der Waals surface area contributed by atoms with E-state index in [0.717, 1.165) is 12.5 Å². The topological polar surface area (TPSA) is 79.8 Å². The van der Waals surface area contributed by atoms with Crippen LogP contribution in [0.4, 0.5) is 0 Å². The lowest BCUT2D eigenvalue weighted by molar-refractivity contribution is 0.328. The van der Waals surface area contributed by atoms with Crippen molar-refractivity contribution in [2.75, 3.05) is 26.0 Å². The number of guanidine groups is 1. The number of hydrogen-bond donors (Lipinski definition) is 2. The standard InChI is InChI=1S/C16H25N3O3S.HI/c1-4-17-16(19-15-11-12(15)2)18-9-10-22-13-5-7-14(8-6-13)23(3,20)21;/h5-8,12,15H,4,9-11H2,1-3H3,(H2,17,18,19);1H. The Hall–Kier alpha value is -1.03. The van der Waals surface area contributed by atoms with Crippen molar-refractivity contribution in [3.8, 4) is 5.75 Å². The van der Waals surface area contributed by atoms with Gasteiger partial charge >= 0.3 is 0 Å². The Balaban J connectivity index is 0.00000288. The molecule has 0 bridgehead atoms. The van der Waals surface area contributed by atoms with Gasteiger partial charge in [0, 0.05) is 18.8 Å². The molecule has 2 atom stereocenters. The fourth-order valence-electron chi connectivity index (χ4n) is 2.12. The summed E-state index contributed by atoms with van der Waals surface area (Å²) in [6, 6.07) is 6.95. The maximum absolute atomic E-state index is 11.4. The molecule has 0 spiro atoms. The third kappa shape index (κ3) is 6.84. The summed E-state index contributed by atoms with van der Waals surface area (Å²) in [6.45, 7) is 6.04. The van der Waals surface area contributed by atoms with Gasteiger partial charge in [-0.1, -0.05) is 6.92 Å². The van der Waals surface area contributed by atoms with Gasteiger partial charge in [-0.2, -0.15) is 0 Å². The van der Waals surface area contributed by atoms with E-state index in [0.29, 0.717) is 35.8 Å². The third-order valence-corrected chi connectivity index (χ3v) is 4.79. The number of sulfone groups is 1. The summed E-state index contributed by atoms with van der Waals surface area (Å²) >= 11 is 0. The van der Waals surface area contributed by atoms with Gasteiger partial charge in [0.15, 0.2) is 15.8 Å². The molecule has 136 valence electrons. The van der Waals surface area contributed by atoms with Gasteiger partial charge < -0.3 is 15.4 Å². The van der Waals surface area contributed by atoms with Gasteiger partial charge in [-0.05, 0) is 43.5 Å². The first-order valence-corrected chi connectivity index (χ1v) is 9.77. The molecule has 2 rings (SSSR count). The normalized spacial score (nSPS) is 20.0. The zero-order valence-corrected chi connectivity index (χ0v) is 17.4. The zero-order valence-electron chi connectivity index (χ0n) is 14.3. The molecule has 2 unspecified atom stereocenters. The summed E-state index contributed by atoms with van der Waals surface area (Å²) in [5.41, 5.74) is 0. The van der Waals surface area contributed by atoms with Crippen LogP contribution in [0.5, 0.6) is 5.75 Å². The van der Waals surface area contributed by atoms with E-state index in [1.807, 2.05) is 6.92 Å². The second-order valence-corrected chi connectivity index (χ2v) is 7.83. The maximum Gasteiger partial charge on any atom is 0.191 e. The largest absolute Gasteiger partial charge is 0.492 e. The van der Waals surface area contributed by atoms with Crippen LogP contribution in [0.3, 0.4) is 0 Å². The Labute approximate surface area is 161 Å². The Bertz CT molecular complexity index is 647. The number of aliphatic imine (C=N–C) groups is 1. The average Bonchev–Trinajstić information content (AvgIpc) is 3.18. The van der Waals surface area contributed by atoms with Crippen LogP contribution in [-0.2, 0) is 9.84 Å². The van der Waals surface area contributed by atoms with Gasteiger partial charge in [-0.25, -0.2) is 13.4 Å². The van der Waals surface area contributed by atoms with Crippen LogP contribution >= 0.6 is 24.0 Å². The number of rotatable bonds is 7. The summed E-state index contributed by atoms with van der Waals surface area (Å²) in [6.07, 6.45) is 2.38. The Morgan fingerprint density at radius 2 is 1.96 bits per heavy atom. The lowest BCUT2D eigenvalue weighted by atomic mass is 10.3. The van der Waals surface area contributed by atoms with Crippen molar-refractivity contribution in [2.45, 2.75) is 31.2 Å². The van der Waals surface area contributed by atoms with Crippen LogP contribution in [-0.4, -0.2) is 46.4 Å². The van der Waals surface area contributed by atoms with E-state index in [1.54, 1.807) is 24.3 Å². The Morgan fingerprint density at radius 3 is 2.46 bits per heavy atom. The minimum Gasteiger partial charge on any atom is -0.492 e. The highest BCUT2D eigenvalue weighted by Gasteiger charge is 2.33. The van der Waals surface area contributed by atoms with Crippen LogP contribution in [0.1, 0.15) is 20.3 Å². The van der Waals surface area contributed by atoms with Crippen molar-refractivity contribution >= 4 is 39.8 Å². The van der Waals surface area contributed by atoms with Gasteiger partial charge in [0.25, 0.3) is 0 Å². The van der Waals surface area contributed by atoms with Gasteiger partial charge in [0.2, 0.25) is 0 Å². The molecule has 1 fully saturated rings. The van der Waals surface area contributed by atoms with E-state index in [2.05, 4.69) is 22.5 Å². The van der Waals surface area contributed by atoms with Gasteiger partial charge in [-0.3, -0.25) is 0 Å². The quantitative estimate of drug-likeness (QED) is 0.278. The second kappa shape index (κ2) is 9.45. The molecule has 24 heavy (non-hydrogen) atoms. The van der Waals surface area contributed by atoms with Gasteiger partial charge in [0.05, 0.1) is 11.4 Å². The molecule has 8 heteroatoms. The highest BCUT2D eigenvalue weighted by atomic mass is 127. The SMILES string of the molecule is CCNC(=NCCOc1ccc(S(C)(=O)=O)cc1)NC1CC1C.I. The summed E-state index contributed by atoms with van der Waals surface area (Å²) in [7, 11) is -3.17. The number of nitrogens with zero attached hydrogens (tertiary/aromatic N) is 1. The van der Waals surface area contributed by atoms with Gasteiger partial charge in [-0.15, -0.1) is 24.0 Å². The maximum atomic E-state index is 11.4. The van der Waals surface area contributed by atoms with Crippen molar-refractivity contribution in [3.63, 3.8) is 0 Å². The molecule has 6 nitrogen and oxygen atoms in total. The molecule has 1 aliphatic carbocycles. The molecular formula is C16H26IN3O3S. The molecule has 1 aromatic carbocycles. The van der Waals surface area contributed by atoms with E-state index in [-0.39, 0.29) is 24.0 Å². The fraction of sp³-hybridized carbons (Fsp3) is 0.562. The van der Waals surface area contributed by atoms with Crippen LogP contribution in [0.15, 0.2) is 34.2 Å². The number of hydrogen-bond acceptors (Lipinski definition) is 4. The lowest BCUT2D eigenvalue weighted by Crippen LogP contribution is -2.39. The lowest BCUT2D eigenvalue weighted by Gasteiger charge is -2.11. The van der Waals surface area contributed by atoms with E-state index >= 15 is 0 Å². The molecule has 0 heterocycles. The van der Waals surface area contributed by atoms with Crippen LogP contribution in [0, 0.1) is 5.92 Å². The summed E-state index contributed by atoms with van der Waals surface area (Å²) in [5, 5.41) is 6.59. The van der Waals surface area contributed by atoms with Crippen LogP contribution in [0.25, 0.3) is 0 Å². The first kappa shape index (κ1) is 21.0. The van der Waals surface area contributed by atoms with Crippen molar-refractivity contribution < 1.29 is 13.2 Å². The zero-order chi connectivity index (χ0) is 16.9. The predicted octanol–water partition coefficient (Wildman–Crippen LogP) is 2.05. The molecule has 0 aliphatic heterocycles. The van der Waals surface area contributed by atoms with Crippen molar-refractivity contribution in [1.29, 1.82) is 0 Å². The molecule has 2 N–H and O–H groups in total. The number of benzene rings is 1. The summed E-state index contributed by atoms with van der Waals surface area (Å²) in [4.78, 5) is 4.77. The first-order valence-electron chi connectivity index (χ1n) is 7.88. The number of ether oxygens (including phenoxy) is 1. The van der Waals surface area contributed by atoms with E-state index in [4.69, 9.17) is 4.74 Å². The molecular weight excluding hydrogens is 441 g/mol. The molecule has 0 saturated heterocycles. The highest BCUT2D eigenvalue weighted by Crippen LogP contribution is 2.28.